The van der Waals surface area contributed by atoms with Gasteiger partial charge in [0, 0.05) is 18.0 Å². The van der Waals surface area contributed by atoms with Crippen molar-refractivity contribution in [2.75, 3.05) is 5.32 Å². The number of hydrogen-bond donors (Lipinski definition) is 1. The van der Waals surface area contributed by atoms with Gasteiger partial charge in [0.15, 0.2) is 0 Å². The minimum atomic E-state index is 0.113. The summed E-state index contributed by atoms with van der Waals surface area (Å²) in [6, 6.07) is 6.42. The van der Waals surface area contributed by atoms with Gasteiger partial charge in [0.05, 0.1) is 0 Å². The largest absolute Gasteiger partial charge is 0.326 e. The third-order valence-corrected chi connectivity index (χ3v) is 4.35. The van der Waals surface area contributed by atoms with Crippen molar-refractivity contribution in [1.29, 1.82) is 0 Å². The van der Waals surface area contributed by atoms with Crippen molar-refractivity contribution in [3.05, 3.63) is 51.2 Å². The van der Waals surface area contributed by atoms with Crippen LogP contribution in [-0.2, 0) is 4.79 Å². The summed E-state index contributed by atoms with van der Waals surface area (Å²) in [4.78, 5) is 11.8. The Bertz CT molecular complexity index is 601. The Morgan fingerprint density at radius 1 is 1.28 bits per heavy atom. The highest BCUT2D eigenvalue weighted by molar-refractivity contribution is 7.08. The number of carbonyl (C=O) groups excluding carboxylic acids is 1. The van der Waals surface area contributed by atoms with E-state index in [4.69, 9.17) is 0 Å². The van der Waals surface area contributed by atoms with Gasteiger partial charge in [0.2, 0.25) is 5.91 Å². The van der Waals surface area contributed by atoms with E-state index in [2.05, 4.69) is 48.1 Å². The van der Waals surface area contributed by atoms with Gasteiger partial charge in [-0.2, -0.15) is 11.3 Å². The van der Waals surface area contributed by atoms with Crippen molar-refractivity contribution in [2.45, 2.75) is 26.2 Å². The number of amides is 1. The molecule has 92 valence electrons. The Hall–Kier alpha value is -1.61. The maximum atomic E-state index is 11.8. The predicted octanol–water partition coefficient (Wildman–Crippen LogP) is 3.84. The highest BCUT2D eigenvalue weighted by Crippen LogP contribution is 2.38. The maximum absolute atomic E-state index is 11.8. The van der Waals surface area contributed by atoms with Crippen LogP contribution >= 0.6 is 11.3 Å². The lowest BCUT2D eigenvalue weighted by Crippen LogP contribution is -2.23. The van der Waals surface area contributed by atoms with Crippen LogP contribution in [-0.4, -0.2) is 5.91 Å². The lowest BCUT2D eigenvalue weighted by molar-refractivity contribution is -0.116. The van der Waals surface area contributed by atoms with Crippen LogP contribution in [0.1, 0.15) is 34.6 Å². The van der Waals surface area contributed by atoms with Gasteiger partial charge in [-0.15, -0.1) is 0 Å². The molecule has 3 heteroatoms. The second-order valence-corrected chi connectivity index (χ2v) is 5.67. The number of aryl methyl sites for hydroxylation is 2. The van der Waals surface area contributed by atoms with Crippen LogP contribution < -0.4 is 5.32 Å². The maximum Gasteiger partial charge on any atom is 0.225 e. The highest BCUT2D eigenvalue weighted by atomic mass is 32.1. The predicted molar refractivity (Wildman–Crippen MR) is 75.3 cm³/mol. The Balaban J connectivity index is 2.15. The smallest absolute Gasteiger partial charge is 0.225 e. The molecule has 2 heterocycles. The van der Waals surface area contributed by atoms with Gasteiger partial charge >= 0.3 is 0 Å². The molecule has 0 aliphatic carbocycles. The minimum absolute atomic E-state index is 0.113. The van der Waals surface area contributed by atoms with Crippen LogP contribution in [0.25, 0.3) is 0 Å². The summed E-state index contributed by atoms with van der Waals surface area (Å²) in [5.41, 5.74) is 5.98. The average molecular weight is 257 g/mol. The van der Waals surface area contributed by atoms with Crippen molar-refractivity contribution in [1.82, 2.24) is 0 Å². The van der Waals surface area contributed by atoms with E-state index >= 15 is 0 Å². The fourth-order valence-electron chi connectivity index (χ4n) is 2.50. The molecule has 1 aliphatic heterocycles. The van der Waals surface area contributed by atoms with E-state index in [1.807, 2.05) is 0 Å². The van der Waals surface area contributed by atoms with Gasteiger partial charge in [-0.3, -0.25) is 4.79 Å². The summed E-state index contributed by atoms with van der Waals surface area (Å²) in [5.74, 6) is 0.321. The number of nitrogens with one attached hydrogen (secondary N) is 1. The fraction of sp³-hybridized carbons (Fsp3) is 0.267. The number of carbonyl (C=O) groups is 1. The molecule has 1 amide bonds. The minimum Gasteiger partial charge on any atom is -0.326 e. The molecule has 0 spiro atoms. The molecule has 0 bridgehead atoms. The number of fused-ring (bicyclic) bond motifs is 1. The SMILES string of the molecule is Cc1cc2c(cc1C)[C@@H](c1ccsc1)CC(=O)N2. The number of benzene rings is 1. The first kappa shape index (κ1) is 11.5. The van der Waals surface area contributed by atoms with Crippen LogP contribution in [0.4, 0.5) is 5.69 Å². The summed E-state index contributed by atoms with van der Waals surface area (Å²) >= 11 is 1.68. The monoisotopic (exact) mass is 257 g/mol. The Morgan fingerprint density at radius 2 is 2.06 bits per heavy atom. The molecular weight excluding hydrogens is 242 g/mol. The van der Waals surface area contributed by atoms with E-state index in [0.717, 1.165) is 5.69 Å². The Labute approximate surface area is 111 Å². The fourth-order valence-corrected chi connectivity index (χ4v) is 3.22. The Morgan fingerprint density at radius 3 is 2.78 bits per heavy atom. The van der Waals surface area contributed by atoms with E-state index in [1.165, 1.54) is 22.3 Å². The first-order valence-electron chi connectivity index (χ1n) is 6.08. The quantitative estimate of drug-likeness (QED) is 0.826. The van der Waals surface area contributed by atoms with Crippen LogP contribution in [0.5, 0.6) is 0 Å². The number of thiophene rings is 1. The van der Waals surface area contributed by atoms with Gasteiger partial charge in [-0.1, -0.05) is 6.07 Å². The molecule has 2 nitrogen and oxygen atoms in total. The number of hydrogen-bond acceptors (Lipinski definition) is 2. The van der Waals surface area contributed by atoms with Crippen molar-refractivity contribution in [2.24, 2.45) is 0 Å². The molecule has 1 aromatic carbocycles. The third kappa shape index (κ3) is 1.85. The molecule has 2 aromatic rings. The highest BCUT2D eigenvalue weighted by Gasteiger charge is 2.27. The van der Waals surface area contributed by atoms with Crippen LogP contribution in [0.15, 0.2) is 29.0 Å². The Kier molecular flexibility index (Phi) is 2.71. The molecule has 1 aromatic heterocycles. The average Bonchev–Trinajstić information content (AvgIpc) is 2.84. The molecular formula is C15H15NOS. The van der Waals surface area contributed by atoms with E-state index in [1.54, 1.807) is 11.3 Å². The van der Waals surface area contributed by atoms with Crippen molar-refractivity contribution < 1.29 is 4.79 Å². The normalized spacial score (nSPS) is 18.3. The van der Waals surface area contributed by atoms with Gasteiger partial charge in [0.1, 0.15) is 0 Å². The van der Waals surface area contributed by atoms with Crippen LogP contribution in [0.3, 0.4) is 0 Å². The van der Waals surface area contributed by atoms with Crippen molar-refractivity contribution in [3.63, 3.8) is 0 Å². The van der Waals surface area contributed by atoms with Gasteiger partial charge in [0.25, 0.3) is 0 Å². The second kappa shape index (κ2) is 4.25. The zero-order valence-electron chi connectivity index (χ0n) is 10.5. The molecule has 0 fully saturated rings. The summed E-state index contributed by atoms with van der Waals surface area (Å²) in [5, 5.41) is 7.20. The molecule has 1 aliphatic rings. The summed E-state index contributed by atoms with van der Waals surface area (Å²) in [7, 11) is 0. The van der Waals surface area contributed by atoms with E-state index in [9.17, 15) is 4.79 Å². The van der Waals surface area contributed by atoms with E-state index in [-0.39, 0.29) is 11.8 Å². The summed E-state index contributed by atoms with van der Waals surface area (Å²) < 4.78 is 0. The summed E-state index contributed by atoms with van der Waals surface area (Å²) in [6.07, 6.45) is 0.548. The zero-order chi connectivity index (χ0) is 12.7. The lowest BCUT2D eigenvalue weighted by atomic mass is 9.84. The van der Waals surface area contributed by atoms with E-state index in [0.29, 0.717) is 6.42 Å². The van der Waals surface area contributed by atoms with E-state index < -0.39 is 0 Å². The molecule has 0 saturated heterocycles. The van der Waals surface area contributed by atoms with Crippen LogP contribution in [0, 0.1) is 13.8 Å². The third-order valence-electron chi connectivity index (χ3n) is 3.65. The summed E-state index contributed by atoms with van der Waals surface area (Å²) in [6.45, 7) is 4.20. The molecule has 0 unspecified atom stereocenters. The number of rotatable bonds is 1. The number of anilines is 1. The van der Waals surface area contributed by atoms with Gasteiger partial charge < -0.3 is 5.32 Å². The molecule has 3 rings (SSSR count). The second-order valence-electron chi connectivity index (χ2n) is 4.89. The van der Waals surface area contributed by atoms with Gasteiger partial charge in [-0.05, 0) is 59.0 Å². The standard InChI is InChI=1S/C15H15NOS/c1-9-5-13-12(11-3-4-18-8-11)7-15(17)16-14(13)6-10(9)2/h3-6,8,12H,7H2,1-2H3,(H,16,17)/t12-/m1/s1. The first-order valence-corrected chi connectivity index (χ1v) is 7.02. The van der Waals surface area contributed by atoms with Gasteiger partial charge in [-0.25, -0.2) is 0 Å². The molecule has 18 heavy (non-hydrogen) atoms. The topological polar surface area (TPSA) is 29.1 Å². The molecule has 0 radical (unpaired) electrons. The van der Waals surface area contributed by atoms with Crippen LogP contribution in [0.2, 0.25) is 0 Å². The molecule has 1 N–H and O–H groups in total. The lowest BCUT2D eigenvalue weighted by Gasteiger charge is -2.26. The zero-order valence-corrected chi connectivity index (χ0v) is 11.3. The van der Waals surface area contributed by atoms with Crippen molar-refractivity contribution in [3.8, 4) is 0 Å². The first-order chi connectivity index (χ1) is 8.65. The van der Waals surface area contributed by atoms with Crippen molar-refractivity contribution >= 4 is 22.9 Å². The molecule has 0 saturated carbocycles. The molecule has 1 atom stereocenters.